The van der Waals surface area contributed by atoms with Crippen LogP contribution in [-0.2, 0) is 4.74 Å². The van der Waals surface area contributed by atoms with E-state index in [-0.39, 0.29) is 23.8 Å². The molecule has 208 valence electrons. The Morgan fingerprint density at radius 3 is 2.47 bits per heavy atom. The number of nitrogens with two attached hydrogens (primary N) is 2. The maximum absolute atomic E-state index is 14.3. The standard InChI is InChI=1S/C13H13FN8.C9H17NO.C3H6F2/c1-6-8(20-17-2)3-4-9(18-6)10-7(14)5-22-11(10)12(15)19-13(16)21-22;1-8-3-2-4-10(5-8)9-6-11-7-9;1-2-3(4)5/h3-5H,1-2H3,(H4,15,16,19,21);8-9H,2-7H2,1H3;3H,2H2,1H3/t;8-;/m.1./s1. The molecule has 2 saturated heterocycles. The van der Waals surface area contributed by atoms with Gasteiger partial charge in [-0.05, 0) is 44.4 Å². The number of aryl methyl sites for hydroxylation is 1. The average Bonchev–Trinajstić information content (AvgIpc) is 3.16. The monoisotopic (exact) mass is 535 g/mol. The van der Waals surface area contributed by atoms with Crippen molar-refractivity contribution in [1.82, 2.24) is 24.5 Å². The Hall–Kier alpha value is -3.32. The first-order valence-corrected chi connectivity index (χ1v) is 12.6. The molecule has 4 N–H and O–H groups in total. The summed E-state index contributed by atoms with van der Waals surface area (Å²) in [6.45, 7) is 10.1. The van der Waals surface area contributed by atoms with Gasteiger partial charge in [0.15, 0.2) is 11.6 Å². The van der Waals surface area contributed by atoms with Crippen molar-refractivity contribution in [1.29, 1.82) is 0 Å². The van der Waals surface area contributed by atoms with Crippen molar-refractivity contribution >= 4 is 23.0 Å². The van der Waals surface area contributed by atoms with Crippen molar-refractivity contribution in [2.24, 2.45) is 16.1 Å². The zero-order valence-electron chi connectivity index (χ0n) is 22.2. The highest BCUT2D eigenvalue weighted by molar-refractivity contribution is 5.87. The lowest BCUT2D eigenvalue weighted by atomic mass is 9.98. The van der Waals surface area contributed by atoms with E-state index in [9.17, 15) is 13.2 Å². The van der Waals surface area contributed by atoms with E-state index in [1.165, 1.54) is 43.6 Å². The van der Waals surface area contributed by atoms with Crippen molar-refractivity contribution in [3.05, 3.63) is 29.8 Å². The number of fused-ring (bicyclic) bond motifs is 1. The molecule has 3 aromatic heterocycles. The Morgan fingerprint density at radius 2 is 1.92 bits per heavy atom. The number of nitrogen functional groups attached to an aromatic ring is 2. The van der Waals surface area contributed by atoms with E-state index in [1.54, 1.807) is 26.1 Å². The number of ether oxygens (including phenoxy) is 1. The molecular formula is C25H36F3N9O. The maximum atomic E-state index is 14.3. The highest BCUT2D eigenvalue weighted by Crippen LogP contribution is 2.32. The normalized spacial score (nSPS) is 18.2. The van der Waals surface area contributed by atoms with E-state index in [2.05, 4.69) is 37.1 Å². The van der Waals surface area contributed by atoms with Gasteiger partial charge in [0.2, 0.25) is 12.4 Å². The quantitative estimate of drug-likeness (QED) is 0.454. The number of aromatic nitrogens is 4. The molecule has 13 heteroatoms. The number of rotatable bonds is 4. The van der Waals surface area contributed by atoms with Crippen LogP contribution in [0, 0.1) is 18.7 Å². The number of halogens is 3. The van der Waals surface area contributed by atoms with Gasteiger partial charge < -0.3 is 16.2 Å². The molecular weight excluding hydrogens is 499 g/mol. The maximum Gasteiger partial charge on any atom is 0.240 e. The Kier molecular flexibility index (Phi) is 10.4. The van der Waals surface area contributed by atoms with Crippen molar-refractivity contribution < 1.29 is 17.9 Å². The lowest BCUT2D eigenvalue weighted by Gasteiger charge is -2.41. The van der Waals surface area contributed by atoms with Gasteiger partial charge in [-0.15, -0.1) is 5.10 Å². The van der Waals surface area contributed by atoms with Crippen molar-refractivity contribution in [3.63, 3.8) is 0 Å². The minimum Gasteiger partial charge on any atom is -0.382 e. The summed E-state index contributed by atoms with van der Waals surface area (Å²) in [6, 6.07) is 4.12. The zero-order valence-corrected chi connectivity index (χ0v) is 22.2. The van der Waals surface area contributed by atoms with Crippen LogP contribution in [0.5, 0.6) is 0 Å². The number of hydrogen-bond acceptors (Lipinski definition) is 9. The highest BCUT2D eigenvalue weighted by atomic mass is 19.3. The molecule has 0 amide bonds. The predicted octanol–water partition coefficient (Wildman–Crippen LogP) is 4.90. The van der Waals surface area contributed by atoms with Crippen LogP contribution in [0.2, 0.25) is 0 Å². The number of pyridine rings is 1. The number of likely N-dealkylation sites (tertiary alicyclic amines) is 1. The van der Waals surface area contributed by atoms with Crippen LogP contribution in [0.1, 0.15) is 38.8 Å². The molecule has 0 aliphatic carbocycles. The first-order chi connectivity index (χ1) is 18.1. The summed E-state index contributed by atoms with van der Waals surface area (Å²) >= 11 is 0. The third-order valence-electron chi connectivity index (χ3n) is 6.28. The zero-order chi connectivity index (χ0) is 27.8. The van der Waals surface area contributed by atoms with Gasteiger partial charge in [-0.3, -0.25) is 9.88 Å². The van der Waals surface area contributed by atoms with E-state index >= 15 is 0 Å². The number of anilines is 2. The molecule has 1 atom stereocenters. The number of nitrogens with zero attached hydrogens (tertiary/aromatic N) is 7. The summed E-state index contributed by atoms with van der Waals surface area (Å²) in [6.07, 6.45) is 1.85. The Balaban J connectivity index is 0.000000207. The SMILES string of the molecule is CCC(F)F.CN=Nc1ccc(-c2c(F)cn3nc(N)nc(N)c23)nc1C.C[C@@H]1CCCN(C2COC2)C1. The third kappa shape index (κ3) is 7.38. The second-order valence-corrected chi connectivity index (χ2v) is 9.33. The number of azo groups is 1. The van der Waals surface area contributed by atoms with Gasteiger partial charge in [0, 0.05) is 20.0 Å². The van der Waals surface area contributed by atoms with Crippen molar-refractivity contribution in [3.8, 4) is 11.3 Å². The van der Waals surface area contributed by atoms with Gasteiger partial charge >= 0.3 is 0 Å². The molecule has 0 aromatic carbocycles. The van der Waals surface area contributed by atoms with E-state index < -0.39 is 12.2 Å². The van der Waals surface area contributed by atoms with Crippen LogP contribution in [0.25, 0.3) is 16.8 Å². The van der Waals surface area contributed by atoms with E-state index in [0.717, 1.165) is 25.2 Å². The molecule has 5 rings (SSSR count). The van der Waals surface area contributed by atoms with Crippen LogP contribution < -0.4 is 11.5 Å². The molecule has 2 aliphatic rings. The van der Waals surface area contributed by atoms with Crippen LogP contribution in [-0.4, -0.2) is 70.3 Å². The number of hydrogen-bond donors (Lipinski definition) is 2. The first-order valence-electron chi connectivity index (χ1n) is 12.6. The summed E-state index contributed by atoms with van der Waals surface area (Å²) in [7, 11) is 1.57. The van der Waals surface area contributed by atoms with E-state index in [4.69, 9.17) is 16.2 Å². The summed E-state index contributed by atoms with van der Waals surface area (Å²) in [5.74, 6) is 0.449. The summed E-state index contributed by atoms with van der Waals surface area (Å²) in [5, 5.41) is 11.6. The van der Waals surface area contributed by atoms with Crippen LogP contribution in [0.4, 0.5) is 30.6 Å². The van der Waals surface area contributed by atoms with Gasteiger partial charge in [-0.25, -0.2) is 17.7 Å². The molecule has 0 unspecified atom stereocenters. The summed E-state index contributed by atoms with van der Waals surface area (Å²) in [4.78, 5) is 10.8. The fourth-order valence-corrected chi connectivity index (χ4v) is 4.24. The average molecular weight is 536 g/mol. The van der Waals surface area contributed by atoms with E-state index in [1.807, 2.05) is 0 Å². The first kappa shape index (κ1) is 29.2. The molecule has 3 aromatic rings. The predicted molar refractivity (Wildman–Crippen MR) is 141 cm³/mol. The molecule has 2 fully saturated rings. The smallest absolute Gasteiger partial charge is 0.240 e. The molecule has 38 heavy (non-hydrogen) atoms. The minimum absolute atomic E-state index is 0.0278. The second kappa shape index (κ2) is 13.5. The van der Waals surface area contributed by atoms with Gasteiger partial charge in [0.25, 0.3) is 0 Å². The van der Waals surface area contributed by atoms with Crippen molar-refractivity contribution in [2.75, 3.05) is 44.8 Å². The third-order valence-corrected chi connectivity index (χ3v) is 6.28. The van der Waals surface area contributed by atoms with Gasteiger partial charge in [0.1, 0.15) is 11.2 Å². The van der Waals surface area contributed by atoms with Gasteiger partial charge in [0.05, 0.1) is 42.4 Å². The lowest BCUT2D eigenvalue weighted by molar-refractivity contribution is -0.0752. The molecule has 2 aliphatic heterocycles. The van der Waals surface area contributed by atoms with E-state index in [0.29, 0.717) is 22.6 Å². The molecule has 10 nitrogen and oxygen atoms in total. The lowest BCUT2D eigenvalue weighted by Crippen LogP contribution is -2.52. The van der Waals surface area contributed by atoms with Crippen LogP contribution >= 0.6 is 0 Å². The molecule has 5 heterocycles. The fraction of sp³-hybridized carbons (Fsp3) is 0.560. The molecule has 0 spiro atoms. The highest BCUT2D eigenvalue weighted by Gasteiger charge is 2.28. The topological polar surface area (TPSA) is 132 Å². The Labute approximate surface area is 220 Å². The van der Waals surface area contributed by atoms with Gasteiger partial charge in [-0.1, -0.05) is 13.8 Å². The van der Waals surface area contributed by atoms with Gasteiger partial charge in [-0.2, -0.15) is 15.2 Å². The Morgan fingerprint density at radius 1 is 1.21 bits per heavy atom. The summed E-state index contributed by atoms with van der Waals surface area (Å²) < 4.78 is 42.3. The second-order valence-electron chi connectivity index (χ2n) is 9.33. The molecule has 0 bridgehead atoms. The Bertz CT molecular complexity index is 1230. The minimum atomic E-state index is -2.12. The largest absolute Gasteiger partial charge is 0.382 e. The van der Waals surface area contributed by atoms with Crippen LogP contribution in [0.3, 0.4) is 0 Å². The van der Waals surface area contributed by atoms with Crippen LogP contribution in [0.15, 0.2) is 28.6 Å². The summed E-state index contributed by atoms with van der Waals surface area (Å²) in [5.41, 5.74) is 13.6. The molecule has 0 saturated carbocycles. The number of piperidine rings is 1. The molecule has 0 radical (unpaired) electrons. The fourth-order valence-electron chi connectivity index (χ4n) is 4.24. The number of alkyl halides is 2. The van der Waals surface area contributed by atoms with Crippen molar-refractivity contribution in [2.45, 2.75) is 52.5 Å².